The van der Waals surface area contributed by atoms with Crippen LogP contribution in [0.3, 0.4) is 0 Å². The standard InChI is InChI=1S/4C9H20O6.O.Zr/c4*1-12-9(8-11)15-7-6-14-5-4-13-3-2-10;;/h4*9-11H,2-8H2,1H3;;. The van der Waals surface area contributed by atoms with Crippen molar-refractivity contribution in [2.75, 3.05) is 213 Å². The molecule has 0 amide bonds. The molecule has 26 heteroatoms. The first-order valence-electron chi connectivity index (χ1n) is 19.7. The molecule has 4 unspecified atom stereocenters. The maximum absolute atomic E-state index is 8.69. The van der Waals surface area contributed by atoms with E-state index in [1.54, 1.807) is 0 Å². The maximum atomic E-state index is 8.69. The van der Waals surface area contributed by atoms with E-state index in [0.717, 1.165) is 0 Å². The molecule has 0 saturated carbocycles. The zero-order chi connectivity index (χ0) is 47.4. The molecule has 0 bridgehead atoms. The van der Waals surface area contributed by atoms with Crippen LogP contribution in [0.1, 0.15) is 0 Å². The van der Waals surface area contributed by atoms with E-state index >= 15 is 0 Å². The van der Waals surface area contributed by atoms with Crippen molar-refractivity contribution in [1.29, 1.82) is 0 Å². The summed E-state index contributed by atoms with van der Waals surface area (Å²) in [6, 6.07) is 0. The fourth-order valence-electron chi connectivity index (χ4n) is 3.28. The van der Waals surface area contributed by atoms with Crippen LogP contribution in [-0.2, 0) is 103 Å². The number of aliphatic hydroxyl groups excluding tert-OH is 8. The molecule has 0 saturated heterocycles. The summed E-state index contributed by atoms with van der Waals surface area (Å²) in [5.41, 5.74) is 0. The molecule has 62 heavy (non-hydrogen) atoms. The summed E-state index contributed by atoms with van der Waals surface area (Å²) >= 11 is 0.300. The van der Waals surface area contributed by atoms with E-state index < -0.39 is 25.2 Å². The number of aliphatic hydroxyl groups is 8. The van der Waals surface area contributed by atoms with Gasteiger partial charge in [0.2, 0.25) is 0 Å². The minimum atomic E-state index is -0.584. The van der Waals surface area contributed by atoms with Gasteiger partial charge in [0.25, 0.3) is 0 Å². The third kappa shape index (κ3) is 66.3. The van der Waals surface area contributed by atoms with Crippen LogP contribution in [0.5, 0.6) is 0 Å². The zero-order valence-corrected chi connectivity index (χ0v) is 39.6. The Kier molecular flexibility index (Phi) is 79.6. The first kappa shape index (κ1) is 70.7. The minimum absolute atomic E-state index is 0.0229. The second-order valence-electron chi connectivity index (χ2n) is 10.7. The van der Waals surface area contributed by atoms with E-state index in [9.17, 15) is 0 Å². The summed E-state index contributed by atoms with van der Waals surface area (Å²) in [6.07, 6.45) is -2.34. The van der Waals surface area contributed by atoms with Gasteiger partial charge in [-0.25, -0.2) is 0 Å². The third-order valence-corrected chi connectivity index (χ3v) is 6.20. The quantitative estimate of drug-likeness (QED) is 0.0212. The first-order valence-corrected chi connectivity index (χ1v) is 20.7. The molecule has 25 nitrogen and oxygen atoms in total. The predicted octanol–water partition coefficient (Wildman–Crippen LogP) is -4.15. The summed E-state index contributed by atoms with van der Waals surface area (Å²) in [4.78, 5) is 0. The Balaban J connectivity index is -0.000000230. The molecule has 378 valence electrons. The molecule has 0 fully saturated rings. The number of ether oxygens (including phenoxy) is 16. The van der Waals surface area contributed by atoms with Gasteiger partial charge in [-0.1, -0.05) is 0 Å². The van der Waals surface area contributed by atoms with Gasteiger partial charge < -0.3 is 117 Å². The van der Waals surface area contributed by atoms with Crippen molar-refractivity contribution in [2.24, 2.45) is 0 Å². The van der Waals surface area contributed by atoms with Crippen LogP contribution in [0.4, 0.5) is 0 Å². The molecular weight excluding hydrogens is 924 g/mol. The van der Waals surface area contributed by atoms with Crippen LogP contribution in [-0.4, -0.2) is 279 Å². The van der Waals surface area contributed by atoms with Gasteiger partial charge >= 0.3 is 27.5 Å². The summed E-state index contributed by atoms with van der Waals surface area (Å²) in [6.45, 7) is 7.49. The van der Waals surface area contributed by atoms with E-state index in [1.165, 1.54) is 28.4 Å². The van der Waals surface area contributed by atoms with Gasteiger partial charge in [-0.15, -0.1) is 0 Å². The van der Waals surface area contributed by atoms with E-state index in [1.807, 2.05) is 0 Å². The zero-order valence-electron chi connectivity index (χ0n) is 37.1. The number of rotatable bonds is 44. The van der Waals surface area contributed by atoms with E-state index in [2.05, 4.69) is 0 Å². The van der Waals surface area contributed by atoms with Gasteiger partial charge in [0, 0.05) is 28.4 Å². The van der Waals surface area contributed by atoms with Crippen molar-refractivity contribution in [1.82, 2.24) is 0 Å². The van der Waals surface area contributed by atoms with Crippen molar-refractivity contribution in [3.63, 3.8) is 0 Å². The summed E-state index contributed by atoms with van der Waals surface area (Å²) in [5.74, 6) is 0. The molecule has 0 heterocycles. The molecule has 0 aromatic carbocycles. The number of methoxy groups -OCH3 is 4. The predicted molar refractivity (Wildman–Crippen MR) is 211 cm³/mol. The van der Waals surface area contributed by atoms with Crippen LogP contribution < -0.4 is 0 Å². The van der Waals surface area contributed by atoms with Crippen molar-refractivity contribution < 1.29 is 144 Å². The van der Waals surface area contributed by atoms with Gasteiger partial charge in [-0.2, -0.15) is 0 Å². The SMILES string of the molecule is COC(CO)OCCOCCOCCO.COC(CO)OCCOCCOCCO.COC(CO)OCCOCCOCCO.COC(CO)OCCOCCOCCO.[O]=[Zr]. The van der Waals surface area contributed by atoms with Crippen molar-refractivity contribution in [2.45, 2.75) is 25.2 Å². The summed E-state index contributed by atoms with van der Waals surface area (Å²) < 4.78 is 88.3. The molecular formula is C36H80O25Zr. The Labute approximate surface area is 381 Å². The van der Waals surface area contributed by atoms with Gasteiger partial charge in [0.1, 0.15) is 0 Å². The fourth-order valence-corrected chi connectivity index (χ4v) is 3.28. The van der Waals surface area contributed by atoms with Gasteiger partial charge in [0.05, 0.1) is 185 Å². The van der Waals surface area contributed by atoms with Crippen molar-refractivity contribution in [3.05, 3.63) is 0 Å². The monoisotopic (exact) mass is 1000 g/mol. The number of hydrogen-bond acceptors (Lipinski definition) is 25. The Morgan fingerprint density at radius 3 is 0.548 bits per heavy atom. The normalized spacial score (nSPS) is 12.6. The molecule has 0 aliphatic rings. The van der Waals surface area contributed by atoms with Gasteiger partial charge in [0.15, 0.2) is 25.2 Å². The molecule has 0 aliphatic carbocycles. The molecule has 0 aromatic rings. The Hall–Kier alpha value is -0.277. The van der Waals surface area contributed by atoms with E-state index in [-0.39, 0.29) is 52.9 Å². The second kappa shape index (κ2) is 69.8. The average molecular weight is 1000 g/mol. The van der Waals surface area contributed by atoms with Crippen LogP contribution >= 0.6 is 0 Å². The van der Waals surface area contributed by atoms with Crippen LogP contribution in [0, 0.1) is 0 Å². The summed E-state index contributed by atoms with van der Waals surface area (Å²) in [5, 5.41) is 68.4. The fraction of sp³-hybridized carbons (Fsp3) is 1.00. The molecule has 4 atom stereocenters. The van der Waals surface area contributed by atoms with Gasteiger partial charge in [-0.3, -0.25) is 0 Å². The first-order chi connectivity index (χ1) is 30.4. The third-order valence-electron chi connectivity index (χ3n) is 6.20. The second-order valence-corrected chi connectivity index (χ2v) is 10.7. The molecule has 0 rings (SSSR count). The topological polar surface area (TPSA) is 327 Å². The van der Waals surface area contributed by atoms with Crippen LogP contribution in [0.15, 0.2) is 0 Å². The van der Waals surface area contributed by atoms with Crippen molar-refractivity contribution in [3.8, 4) is 0 Å². The van der Waals surface area contributed by atoms with E-state index in [0.29, 0.717) is 157 Å². The average Bonchev–Trinajstić information content (AvgIpc) is 3.31. The molecule has 0 aromatic heterocycles. The summed E-state index contributed by atoms with van der Waals surface area (Å²) in [7, 11) is 5.85. The van der Waals surface area contributed by atoms with Crippen molar-refractivity contribution >= 4 is 0 Å². The molecule has 0 spiro atoms. The Morgan fingerprint density at radius 1 is 0.274 bits per heavy atom. The van der Waals surface area contributed by atoms with Gasteiger partial charge in [-0.05, 0) is 0 Å². The van der Waals surface area contributed by atoms with Crippen LogP contribution in [0.25, 0.3) is 0 Å². The molecule has 0 radical (unpaired) electrons. The Bertz CT molecular complexity index is 604. The van der Waals surface area contributed by atoms with E-state index in [4.69, 9.17) is 119 Å². The number of hydrogen-bond donors (Lipinski definition) is 8. The molecule has 0 aliphatic heterocycles. The molecule has 8 N–H and O–H groups in total. The Morgan fingerprint density at radius 2 is 0.419 bits per heavy atom. The van der Waals surface area contributed by atoms with Crippen LogP contribution in [0.2, 0.25) is 0 Å².